The molecule has 1 heterocycles. The van der Waals surface area contributed by atoms with Crippen LogP contribution >= 0.6 is 0 Å². The first-order valence-electron chi connectivity index (χ1n) is 9.95. The van der Waals surface area contributed by atoms with E-state index in [4.69, 9.17) is 4.74 Å². The van der Waals surface area contributed by atoms with Crippen LogP contribution in [0.1, 0.15) is 39.3 Å². The quantitative estimate of drug-likeness (QED) is 0.509. The molecule has 0 fully saturated rings. The van der Waals surface area contributed by atoms with Crippen molar-refractivity contribution in [2.45, 2.75) is 18.1 Å². The molecular weight excluding hydrogens is 396 g/mol. The van der Waals surface area contributed by atoms with Gasteiger partial charge in [0.1, 0.15) is 24.5 Å². The van der Waals surface area contributed by atoms with E-state index in [2.05, 4.69) is 22.4 Å². The van der Waals surface area contributed by atoms with Crippen molar-refractivity contribution < 1.29 is 24.5 Å². The second kappa shape index (κ2) is 9.07. The van der Waals surface area contributed by atoms with Gasteiger partial charge in [0.2, 0.25) is 0 Å². The number of aldehydes is 1. The van der Waals surface area contributed by atoms with Crippen molar-refractivity contribution in [2.24, 2.45) is 0 Å². The van der Waals surface area contributed by atoms with E-state index < -0.39 is 18.3 Å². The molecule has 31 heavy (non-hydrogen) atoms. The third-order valence-electron chi connectivity index (χ3n) is 5.38. The Bertz CT molecular complexity index is 1060. The monoisotopic (exact) mass is 418 g/mol. The molecular formula is C24H22N2O5. The van der Waals surface area contributed by atoms with Crippen LogP contribution in [0.5, 0.6) is 0 Å². The summed E-state index contributed by atoms with van der Waals surface area (Å²) in [5.41, 5.74) is 4.77. The zero-order valence-electron chi connectivity index (χ0n) is 16.6. The van der Waals surface area contributed by atoms with Gasteiger partial charge in [0, 0.05) is 12.5 Å². The average Bonchev–Trinajstić information content (AvgIpc) is 3.14. The number of ether oxygens (including phenoxy) is 1. The molecule has 0 aliphatic heterocycles. The number of benzene rings is 2. The lowest BCUT2D eigenvalue weighted by molar-refractivity contribution is 0.0160. The Hall–Kier alpha value is -3.55. The van der Waals surface area contributed by atoms with Crippen LogP contribution in [0.15, 0.2) is 66.7 Å². The maximum Gasteiger partial charge on any atom is 0.407 e. The molecule has 1 aliphatic rings. The number of pyridine rings is 1. The summed E-state index contributed by atoms with van der Waals surface area (Å²) in [4.78, 5) is 27.0. The summed E-state index contributed by atoms with van der Waals surface area (Å²) >= 11 is 0. The largest absolute Gasteiger partial charge is 0.449 e. The maximum atomic E-state index is 12.2. The van der Waals surface area contributed by atoms with Gasteiger partial charge < -0.3 is 20.3 Å². The second-order valence-corrected chi connectivity index (χ2v) is 7.32. The van der Waals surface area contributed by atoms with Crippen molar-refractivity contribution in [3.05, 3.63) is 89.2 Å². The van der Waals surface area contributed by atoms with E-state index in [9.17, 15) is 19.8 Å². The number of nitrogens with one attached hydrogen (secondary N) is 1. The molecule has 7 heteroatoms. The van der Waals surface area contributed by atoms with E-state index in [1.54, 1.807) is 6.07 Å². The first kappa shape index (κ1) is 20.7. The van der Waals surface area contributed by atoms with Gasteiger partial charge in [0.15, 0.2) is 6.29 Å². The molecule has 3 aromatic rings. The Labute approximate surface area is 179 Å². The summed E-state index contributed by atoms with van der Waals surface area (Å²) in [6, 6.07) is 20.6. The second-order valence-electron chi connectivity index (χ2n) is 7.32. The minimum absolute atomic E-state index is 0.0658. The molecule has 2 unspecified atom stereocenters. The van der Waals surface area contributed by atoms with E-state index in [1.165, 1.54) is 12.1 Å². The highest BCUT2D eigenvalue weighted by atomic mass is 16.5. The van der Waals surface area contributed by atoms with Crippen molar-refractivity contribution in [3.63, 3.8) is 0 Å². The van der Waals surface area contributed by atoms with E-state index in [1.807, 2.05) is 36.4 Å². The van der Waals surface area contributed by atoms with Crippen LogP contribution < -0.4 is 5.32 Å². The zero-order chi connectivity index (χ0) is 21.8. The number of aliphatic hydroxyl groups is 2. The predicted octanol–water partition coefficient (Wildman–Crippen LogP) is 2.83. The lowest BCUT2D eigenvalue weighted by Crippen LogP contribution is -2.36. The van der Waals surface area contributed by atoms with E-state index in [0.717, 1.165) is 22.3 Å². The van der Waals surface area contributed by atoms with Crippen molar-refractivity contribution in [1.29, 1.82) is 0 Å². The van der Waals surface area contributed by atoms with E-state index in [0.29, 0.717) is 6.29 Å². The van der Waals surface area contributed by atoms with Gasteiger partial charge in [-0.1, -0.05) is 54.6 Å². The fourth-order valence-electron chi connectivity index (χ4n) is 3.85. The number of carbonyl (C=O) groups is 2. The summed E-state index contributed by atoms with van der Waals surface area (Å²) < 4.78 is 5.41. The number of hydrogen-bond donors (Lipinski definition) is 3. The highest BCUT2D eigenvalue weighted by Gasteiger charge is 2.29. The van der Waals surface area contributed by atoms with Crippen LogP contribution in [0.4, 0.5) is 4.79 Å². The first-order valence-corrected chi connectivity index (χ1v) is 9.95. The molecule has 158 valence electrons. The predicted molar refractivity (Wildman–Crippen MR) is 114 cm³/mol. The van der Waals surface area contributed by atoms with Crippen molar-refractivity contribution in [1.82, 2.24) is 10.3 Å². The van der Waals surface area contributed by atoms with Gasteiger partial charge in [-0.25, -0.2) is 9.78 Å². The van der Waals surface area contributed by atoms with Gasteiger partial charge in [-0.15, -0.1) is 0 Å². The molecule has 4 rings (SSSR count). The van der Waals surface area contributed by atoms with Crippen LogP contribution in [0.2, 0.25) is 0 Å². The summed E-state index contributed by atoms with van der Waals surface area (Å²) in [7, 11) is 0. The number of fused-ring (bicyclic) bond motifs is 3. The number of rotatable bonds is 7. The first-order chi connectivity index (χ1) is 15.1. The molecule has 1 amide bonds. The minimum Gasteiger partial charge on any atom is -0.449 e. The van der Waals surface area contributed by atoms with Gasteiger partial charge in [0.25, 0.3) is 0 Å². The molecule has 0 saturated heterocycles. The van der Waals surface area contributed by atoms with E-state index in [-0.39, 0.29) is 30.5 Å². The zero-order valence-corrected chi connectivity index (χ0v) is 16.6. The van der Waals surface area contributed by atoms with Crippen LogP contribution in [0.3, 0.4) is 0 Å². The average molecular weight is 418 g/mol. The molecule has 7 nitrogen and oxygen atoms in total. The number of aliphatic hydroxyl groups excluding tert-OH is 2. The Morgan fingerprint density at radius 3 is 2.29 bits per heavy atom. The van der Waals surface area contributed by atoms with E-state index >= 15 is 0 Å². The maximum absolute atomic E-state index is 12.2. The Balaban J connectivity index is 1.34. The molecule has 0 bridgehead atoms. The number of carbonyl (C=O) groups excluding carboxylic acids is 2. The number of aromatic nitrogens is 1. The molecule has 3 N–H and O–H groups in total. The third-order valence-corrected chi connectivity index (χ3v) is 5.38. The van der Waals surface area contributed by atoms with Crippen LogP contribution in [0, 0.1) is 0 Å². The highest BCUT2D eigenvalue weighted by molar-refractivity contribution is 5.79. The van der Waals surface area contributed by atoms with Crippen LogP contribution in [-0.2, 0) is 4.74 Å². The fourth-order valence-corrected chi connectivity index (χ4v) is 3.85. The standard InChI is InChI=1S/C24H22N2O5/c27-13-15-6-5-11-21(26-15)23(29)22(28)12-25-24(30)31-14-20-18-9-3-1-7-16(18)17-8-2-4-10-19(17)20/h1-11,13,20,22-23,28-29H,12,14H2,(H,25,30). The van der Waals surface area contributed by atoms with Crippen LogP contribution in [-0.4, -0.2) is 46.8 Å². The van der Waals surface area contributed by atoms with Gasteiger partial charge >= 0.3 is 6.09 Å². The Morgan fingerprint density at radius 1 is 1.00 bits per heavy atom. The highest BCUT2D eigenvalue weighted by Crippen LogP contribution is 2.44. The Kier molecular flexibility index (Phi) is 6.06. The van der Waals surface area contributed by atoms with Gasteiger partial charge in [0.05, 0.1) is 5.69 Å². The fraction of sp³-hybridized carbons (Fsp3) is 0.208. The van der Waals surface area contributed by atoms with Crippen LogP contribution in [0.25, 0.3) is 11.1 Å². The number of amides is 1. The molecule has 1 aliphatic carbocycles. The lowest BCUT2D eigenvalue weighted by Gasteiger charge is -2.19. The van der Waals surface area contributed by atoms with Crippen molar-refractivity contribution in [3.8, 4) is 11.1 Å². The van der Waals surface area contributed by atoms with Crippen molar-refractivity contribution >= 4 is 12.4 Å². The Morgan fingerprint density at radius 2 is 1.65 bits per heavy atom. The molecule has 0 spiro atoms. The molecule has 2 aromatic carbocycles. The molecule has 0 saturated carbocycles. The van der Waals surface area contributed by atoms with Gasteiger partial charge in [-0.2, -0.15) is 0 Å². The third kappa shape index (κ3) is 4.33. The topological polar surface area (TPSA) is 109 Å². The van der Waals surface area contributed by atoms with Gasteiger partial charge in [-0.05, 0) is 34.4 Å². The minimum atomic E-state index is -1.35. The summed E-state index contributed by atoms with van der Waals surface area (Å²) in [5, 5.41) is 22.9. The number of hydrogen-bond acceptors (Lipinski definition) is 6. The lowest BCUT2D eigenvalue weighted by atomic mass is 9.98. The number of alkyl carbamates (subject to hydrolysis) is 1. The normalized spacial score (nSPS) is 14.3. The smallest absolute Gasteiger partial charge is 0.407 e. The summed E-state index contributed by atoms with van der Waals surface area (Å²) in [5.74, 6) is -0.0658. The summed E-state index contributed by atoms with van der Waals surface area (Å²) in [6.07, 6.45) is -2.80. The van der Waals surface area contributed by atoms with Crippen molar-refractivity contribution in [2.75, 3.05) is 13.2 Å². The van der Waals surface area contributed by atoms with Gasteiger partial charge in [-0.3, -0.25) is 4.79 Å². The molecule has 0 radical (unpaired) electrons. The number of nitrogens with zero attached hydrogens (tertiary/aromatic N) is 1. The molecule has 2 atom stereocenters. The SMILES string of the molecule is O=Cc1cccc(C(O)C(O)CNC(=O)OCC2c3ccccc3-c3ccccc32)n1. The summed E-state index contributed by atoms with van der Waals surface area (Å²) in [6.45, 7) is -0.0771. The molecule has 1 aromatic heterocycles.